The molecule has 0 bridgehead atoms. The highest BCUT2D eigenvalue weighted by Gasteiger charge is 2.38. The molecule has 5 aromatic rings. The summed E-state index contributed by atoms with van der Waals surface area (Å²) in [7, 11) is 0. The van der Waals surface area contributed by atoms with Crippen LogP contribution in [0.15, 0.2) is 38.6 Å². The molecule has 5 aromatic heterocycles. The van der Waals surface area contributed by atoms with Gasteiger partial charge in [0.25, 0.3) is 11.4 Å². The number of halogens is 4. The third-order valence-corrected chi connectivity index (χ3v) is 5.85. The molecule has 0 atom stereocenters. The summed E-state index contributed by atoms with van der Waals surface area (Å²) in [6, 6.07) is 3.61. The maximum atomic E-state index is 13.2. The summed E-state index contributed by atoms with van der Waals surface area (Å²) in [5.41, 5.74) is 1.56. The lowest BCUT2D eigenvalue weighted by Crippen LogP contribution is -2.21. The number of rotatable bonds is 8. The third kappa shape index (κ3) is 6.30. The Morgan fingerprint density at radius 2 is 1.87 bits per heavy atom. The predicted molar refractivity (Wildman–Crippen MR) is 133 cm³/mol. The van der Waals surface area contributed by atoms with Crippen LogP contribution in [0.4, 0.5) is 13.2 Å². The Hall–Kier alpha value is -4.15. The molecule has 13 nitrogen and oxygen atoms in total. The number of fused-ring (bicyclic) bond motifs is 2. The highest BCUT2D eigenvalue weighted by molar-refractivity contribution is 9.10. The average molecular weight is 612 g/mol. The lowest BCUT2D eigenvalue weighted by atomic mass is 10.2. The lowest BCUT2D eigenvalue weighted by Gasteiger charge is -2.09. The van der Waals surface area contributed by atoms with Crippen LogP contribution < -0.4 is 5.56 Å². The molecule has 0 saturated heterocycles. The Morgan fingerprint density at radius 1 is 1.15 bits per heavy atom. The van der Waals surface area contributed by atoms with E-state index in [0.29, 0.717) is 58.6 Å². The molecule has 206 valence electrons. The standard InChI is InChI=1S/C20H20BrN9O2.C2HF3O2/c1-2-3-4-11-29-16-15(24-19(21)25-16)18(31)30-14(26-27-20(29)30)6-5-13-23-17(32-28-13)12-7-9-22-10-8-12;3-2(4,5)1(6)7/h7-10H,2-6,11H2,1H3,(H,24,25);(H,6,7). The molecular formula is C22H21BrF3N9O4. The predicted octanol–water partition coefficient (Wildman–Crippen LogP) is 3.58. The van der Waals surface area contributed by atoms with E-state index in [9.17, 15) is 18.0 Å². The first-order valence-electron chi connectivity index (χ1n) is 11.6. The Bertz CT molecular complexity index is 1640. The number of aromatic nitrogens is 9. The van der Waals surface area contributed by atoms with Gasteiger partial charge in [-0.3, -0.25) is 14.3 Å². The molecule has 0 aliphatic carbocycles. The third-order valence-electron chi connectivity index (χ3n) is 5.48. The maximum absolute atomic E-state index is 13.2. The molecule has 5 heterocycles. The van der Waals surface area contributed by atoms with Gasteiger partial charge in [0.1, 0.15) is 5.82 Å². The van der Waals surface area contributed by atoms with Gasteiger partial charge in [-0.25, -0.2) is 14.2 Å². The van der Waals surface area contributed by atoms with Crippen LogP contribution in [0.1, 0.15) is 37.8 Å². The van der Waals surface area contributed by atoms with Gasteiger partial charge >= 0.3 is 12.1 Å². The van der Waals surface area contributed by atoms with Crippen molar-refractivity contribution in [1.29, 1.82) is 0 Å². The Labute approximate surface area is 225 Å². The summed E-state index contributed by atoms with van der Waals surface area (Å²) < 4.78 is 41.1. The molecule has 0 spiro atoms. The number of pyridine rings is 1. The summed E-state index contributed by atoms with van der Waals surface area (Å²) in [6.07, 6.45) is 2.26. The van der Waals surface area contributed by atoms with E-state index < -0.39 is 12.1 Å². The van der Waals surface area contributed by atoms with Crippen molar-refractivity contribution in [3.05, 3.63) is 51.3 Å². The van der Waals surface area contributed by atoms with Gasteiger partial charge in [-0.15, -0.1) is 10.2 Å². The smallest absolute Gasteiger partial charge is 0.475 e. The maximum Gasteiger partial charge on any atom is 0.490 e. The number of aromatic amines is 1. The van der Waals surface area contributed by atoms with Crippen LogP contribution in [0.3, 0.4) is 0 Å². The van der Waals surface area contributed by atoms with Crippen molar-refractivity contribution in [2.24, 2.45) is 0 Å². The number of hydrogen-bond donors (Lipinski definition) is 2. The fourth-order valence-electron chi connectivity index (χ4n) is 3.66. The number of aryl methyl sites for hydroxylation is 3. The molecule has 39 heavy (non-hydrogen) atoms. The Balaban J connectivity index is 0.000000448. The minimum absolute atomic E-state index is 0.231. The van der Waals surface area contributed by atoms with Crippen LogP contribution in [0.5, 0.6) is 0 Å². The normalized spacial score (nSPS) is 11.6. The van der Waals surface area contributed by atoms with Gasteiger partial charge in [0.2, 0.25) is 5.78 Å². The average Bonchev–Trinajstić information content (AvgIpc) is 3.64. The topological polar surface area (TPSA) is 170 Å². The Morgan fingerprint density at radius 3 is 2.54 bits per heavy atom. The second kappa shape index (κ2) is 11.7. The van der Waals surface area contributed by atoms with Crippen LogP contribution >= 0.6 is 15.9 Å². The zero-order valence-corrected chi connectivity index (χ0v) is 21.9. The van der Waals surface area contributed by atoms with E-state index in [1.165, 1.54) is 0 Å². The van der Waals surface area contributed by atoms with Crippen molar-refractivity contribution in [2.75, 3.05) is 0 Å². The van der Waals surface area contributed by atoms with Crippen molar-refractivity contribution in [3.8, 4) is 11.5 Å². The van der Waals surface area contributed by atoms with Gasteiger partial charge in [-0.1, -0.05) is 24.9 Å². The number of aliphatic carboxylic acids is 1. The quantitative estimate of drug-likeness (QED) is 0.195. The lowest BCUT2D eigenvalue weighted by molar-refractivity contribution is -0.192. The van der Waals surface area contributed by atoms with Crippen LogP contribution in [0, 0.1) is 0 Å². The summed E-state index contributed by atoms with van der Waals surface area (Å²) in [6.45, 7) is 2.85. The van der Waals surface area contributed by atoms with Crippen molar-refractivity contribution in [3.63, 3.8) is 0 Å². The zero-order chi connectivity index (χ0) is 28.2. The molecule has 2 N–H and O–H groups in total. The molecule has 0 aliphatic heterocycles. The molecule has 0 fully saturated rings. The number of nitrogens with one attached hydrogen (secondary N) is 1. The van der Waals surface area contributed by atoms with Crippen molar-refractivity contribution >= 4 is 38.8 Å². The van der Waals surface area contributed by atoms with Crippen LogP contribution in [-0.4, -0.2) is 61.5 Å². The molecule has 0 aromatic carbocycles. The van der Waals surface area contributed by atoms with Gasteiger partial charge in [0.15, 0.2) is 21.7 Å². The van der Waals surface area contributed by atoms with E-state index >= 15 is 0 Å². The van der Waals surface area contributed by atoms with Crippen molar-refractivity contribution in [1.82, 2.24) is 44.3 Å². The molecule has 0 aliphatic rings. The molecule has 0 saturated carbocycles. The molecule has 0 amide bonds. The molecule has 5 rings (SSSR count). The number of carbonyl (C=O) groups is 1. The molecule has 17 heteroatoms. The van der Waals surface area contributed by atoms with E-state index in [2.05, 4.69) is 58.1 Å². The minimum atomic E-state index is -5.08. The number of hydrogen-bond acceptors (Lipinski definition) is 9. The van der Waals surface area contributed by atoms with Gasteiger partial charge in [-0.05, 0) is 34.5 Å². The molecular weight excluding hydrogens is 591 g/mol. The summed E-state index contributed by atoms with van der Waals surface area (Å²) in [5.74, 6) is -0.777. The second-order valence-electron chi connectivity index (χ2n) is 8.20. The number of carboxylic acid groups (broad SMARTS) is 1. The van der Waals surface area contributed by atoms with E-state index in [1.807, 2.05) is 4.57 Å². The number of carboxylic acids is 1. The monoisotopic (exact) mass is 611 g/mol. The summed E-state index contributed by atoms with van der Waals surface area (Å²) >= 11 is 3.34. The second-order valence-corrected chi connectivity index (χ2v) is 8.95. The van der Waals surface area contributed by atoms with E-state index in [-0.39, 0.29) is 5.56 Å². The van der Waals surface area contributed by atoms with E-state index in [1.54, 1.807) is 28.9 Å². The van der Waals surface area contributed by atoms with Crippen LogP contribution in [0.25, 0.3) is 28.4 Å². The minimum Gasteiger partial charge on any atom is -0.475 e. The number of H-pyrrole nitrogens is 1. The number of nitrogens with zero attached hydrogens (tertiary/aromatic N) is 8. The fourth-order valence-corrected chi connectivity index (χ4v) is 4.02. The fraction of sp³-hybridized carbons (Fsp3) is 0.364. The zero-order valence-electron chi connectivity index (χ0n) is 20.3. The van der Waals surface area contributed by atoms with E-state index in [4.69, 9.17) is 14.4 Å². The SMILES string of the molecule is CCCCCn1c2nc(Br)[nH]c2c(=O)n2c(CCc3noc(-c4ccncc4)n3)nnc12.O=C(O)C(F)(F)F. The van der Waals surface area contributed by atoms with Crippen molar-refractivity contribution in [2.45, 2.75) is 51.7 Å². The molecule has 0 radical (unpaired) electrons. The first-order chi connectivity index (χ1) is 18.6. The largest absolute Gasteiger partial charge is 0.490 e. The van der Waals surface area contributed by atoms with Gasteiger partial charge in [0.05, 0.1) is 0 Å². The van der Waals surface area contributed by atoms with Gasteiger partial charge in [-0.2, -0.15) is 18.2 Å². The highest BCUT2D eigenvalue weighted by atomic mass is 79.9. The number of imidazole rings is 1. The first-order valence-corrected chi connectivity index (χ1v) is 12.4. The van der Waals surface area contributed by atoms with Crippen LogP contribution in [0.2, 0.25) is 0 Å². The van der Waals surface area contributed by atoms with Gasteiger partial charge in [0, 0.05) is 37.3 Å². The highest BCUT2D eigenvalue weighted by Crippen LogP contribution is 2.18. The van der Waals surface area contributed by atoms with Crippen LogP contribution in [-0.2, 0) is 24.2 Å². The van der Waals surface area contributed by atoms with Gasteiger partial charge < -0.3 is 14.6 Å². The number of alkyl halides is 3. The Kier molecular flexibility index (Phi) is 8.37. The number of unbranched alkanes of at least 4 members (excludes halogenated alkanes) is 2. The molecule has 0 unspecified atom stereocenters. The first kappa shape index (κ1) is 27.9. The van der Waals surface area contributed by atoms with E-state index in [0.717, 1.165) is 24.8 Å². The summed E-state index contributed by atoms with van der Waals surface area (Å²) in [5, 5.41) is 19.8. The summed E-state index contributed by atoms with van der Waals surface area (Å²) in [4.78, 5) is 38.0. The van der Waals surface area contributed by atoms with Crippen molar-refractivity contribution < 1.29 is 27.6 Å².